The summed E-state index contributed by atoms with van der Waals surface area (Å²) in [4.78, 5) is 12.1. The average Bonchev–Trinajstić information content (AvgIpc) is 2.93. The van der Waals surface area contributed by atoms with Gasteiger partial charge in [-0.1, -0.05) is 20.4 Å². The zero-order valence-electron chi connectivity index (χ0n) is 19.0. The minimum absolute atomic E-state index is 0.0502. The second kappa shape index (κ2) is 7.60. The molecule has 0 amide bonds. The van der Waals surface area contributed by atoms with Crippen molar-refractivity contribution in [2.45, 2.75) is 97.1 Å². The van der Waals surface area contributed by atoms with Gasteiger partial charge in [0.15, 0.2) is 0 Å². The highest BCUT2D eigenvalue weighted by Gasteiger charge is 2.63. The average molecular weight is 421 g/mol. The minimum Gasteiger partial charge on any atom is -0.459 e. The van der Waals surface area contributed by atoms with Crippen LogP contribution < -0.4 is 0 Å². The molecule has 5 nitrogen and oxygen atoms in total. The lowest BCUT2D eigenvalue weighted by Crippen LogP contribution is -2.57. The molecule has 0 spiro atoms. The summed E-state index contributed by atoms with van der Waals surface area (Å²) >= 11 is 0. The highest BCUT2D eigenvalue weighted by molar-refractivity contribution is 5.87. The van der Waals surface area contributed by atoms with E-state index in [-0.39, 0.29) is 28.8 Å². The molecule has 170 valence electrons. The number of carbonyl (C=O) groups is 1. The fourth-order valence-electron chi connectivity index (χ4n) is 8.52. The normalized spacial score (nSPS) is 51.3. The molecule has 11 unspecified atom stereocenters. The second-order valence-electron chi connectivity index (χ2n) is 11.5. The number of aliphatic hydroxyl groups is 3. The SMILES string of the molecule is C=C(C)C(=O)OC(C)C1C(O)CC2C3CCC4CC(O)C(O)CC4(C)C3CCC21C. The van der Waals surface area contributed by atoms with Gasteiger partial charge in [-0.15, -0.1) is 0 Å². The van der Waals surface area contributed by atoms with Crippen molar-refractivity contribution in [2.24, 2.45) is 40.4 Å². The zero-order chi connectivity index (χ0) is 22.0. The van der Waals surface area contributed by atoms with Gasteiger partial charge < -0.3 is 20.1 Å². The van der Waals surface area contributed by atoms with E-state index < -0.39 is 18.3 Å². The van der Waals surface area contributed by atoms with Gasteiger partial charge in [0.25, 0.3) is 0 Å². The first kappa shape index (κ1) is 22.3. The van der Waals surface area contributed by atoms with Gasteiger partial charge in [0.05, 0.1) is 18.3 Å². The first-order chi connectivity index (χ1) is 14.0. The van der Waals surface area contributed by atoms with Gasteiger partial charge >= 0.3 is 5.97 Å². The molecule has 3 N–H and O–H groups in total. The fourth-order valence-corrected chi connectivity index (χ4v) is 8.52. The lowest BCUT2D eigenvalue weighted by Gasteiger charge is -2.61. The summed E-state index contributed by atoms with van der Waals surface area (Å²) in [5.41, 5.74) is 0.402. The number of hydrogen-bond acceptors (Lipinski definition) is 5. The monoisotopic (exact) mass is 420 g/mol. The van der Waals surface area contributed by atoms with Gasteiger partial charge in [0, 0.05) is 11.5 Å². The molecule has 30 heavy (non-hydrogen) atoms. The molecule has 4 saturated carbocycles. The highest BCUT2D eigenvalue weighted by Crippen LogP contribution is 2.67. The molecule has 0 aromatic rings. The summed E-state index contributed by atoms with van der Waals surface area (Å²) in [6.45, 7) is 11.9. The van der Waals surface area contributed by atoms with Crippen LogP contribution in [0.3, 0.4) is 0 Å². The summed E-state index contributed by atoms with van der Waals surface area (Å²) < 4.78 is 5.69. The first-order valence-electron chi connectivity index (χ1n) is 11.9. The first-order valence-corrected chi connectivity index (χ1v) is 11.9. The van der Waals surface area contributed by atoms with Crippen LogP contribution in [0.4, 0.5) is 0 Å². The van der Waals surface area contributed by atoms with Gasteiger partial charge in [0.1, 0.15) is 6.10 Å². The number of carbonyl (C=O) groups excluding carboxylic acids is 1. The van der Waals surface area contributed by atoms with E-state index in [4.69, 9.17) is 4.74 Å². The lowest BCUT2D eigenvalue weighted by atomic mass is 9.44. The smallest absolute Gasteiger partial charge is 0.333 e. The Bertz CT molecular complexity index is 706. The molecule has 11 atom stereocenters. The molecule has 5 heteroatoms. The number of ether oxygens (including phenoxy) is 1. The standard InChI is InChI=1S/C25H40O5/c1-13(2)23(29)30-14(3)22-20(27)11-18-16-7-6-15-10-19(26)21(28)12-25(15,5)17(16)8-9-24(18,22)4/h14-22,26-28H,1,6-12H2,2-5H3. The van der Waals surface area contributed by atoms with Gasteiger partial charge in [0.2, 0.25) is 0 Å². The number of rotatable bonds is 3. The van der Waals surface area contributed by atoms with Crippen molar-refractivity contribution in [3.63, 3.8) is 0 Å². The minimum atomic E-state index is -0.623. The summed E-state index contributed by atoms with van der Waals surface area (Å²) in [7, 11) is 0. The largest absolute Gasteiger partial charge is 0.459 e. The molecule has 4 aliphatic carbocycles. The molecular formula is C25H40O5. The summed E-state index contributed by atoms with van der Waals surface area (Å²) in [6.07, 6.45) is 4.46. The van der Waals surface area contributed by atoms with E-state index >= 15 is 0 Å². The zero-order valence-corrected chi connectivity index (χ0v) is 19.0. The third kappa shape index (κ3) is 3.27. The Hall–Kier alpha value is -0.910. The molecule has 0 aliphatic heterocycles. The predicted molar refractivity (Wildman–Crippen MR) is 114 cm³/mol. The summed E-state index contributed by atoms with van der Waals surface area (Å²) in [5, 5.41) is 31.8. The van der Waals surface area contributed by atoms with Crippen molar-refractivity contribution in [3.8, 4) is 0 Å². The van der Waals surface area contributed by atoms with Crippen LogP contribution in [-0.2, 0) is 9.53 Å². The van der Waals surface area contributed by atoms with Crippen LogP contribution in [0.15, 0.2) is 12.2 Å². The van der Waals surface area contributed by atoms with Crippen LogP contribution in [0, 0.1) is 40.4 Å². The van der Waals surface area contributed by atoms with Gasteiger partial charge in [-0.25, -0.2) is 4.79 Å². The van der Waals surface area contributed by atoms with Gasteiger partial charge in [-0.05, 0) is 93.3 Å². The molecule has 0 radical (unpaired) electrons. The molecule has 0 bridgehead atoms. The van der Waals surface area contributed by atoms with Crippen LogP contribution in [0.2, 0.25) is 0 Å². The Kier molecular flexibility index (Phi) is 5.64. The van der Waals surface area contributed by atoms with Crippen molar-refractivity contribution in [1.29, 1.82) is 0 Å². The second-order valence-corrected chi connectivity index (χ2v) is 11.5. The maximum atomic E-state index is 12.1. The van der Waals surface area contributed by atoms with E-state index in [1.807, 2.05) is 6.92 Å². The Morgan fingerprint density at radius 3 is 2.37 bits per heavy atom. The van der Waals surface area contributed by atoms with Crippen molar-refractivity contribution < 1.29 is 24.9 Å². The van der Waals surface area contributed by atoms with E-state index in [2.05, 4.69) is 20.4 Å². The van der Waals surface area contributed by atoms with Crippen LogP contribution in [0.25, 0.3) is 0 Å². The molecule has 0 saturated heterocycles. The third-order valence-corrected chi connectivity index (χ3v) is 9.94. The maximum absolute atomic E-state index is 12.1. The van der Waals surface area contributed by atoms with Gasteiger partial charge in [-0.2, -0.15) is 0 Å². The van der Waals surface area contributed by atoms with E-state index in [1.54, 1.807) is 6.92 Å². The molecule has 4 rings (SSSR count). The summed E-state index contributed by atoms with van der Waals surface area (Å²) in [6, 6.07) is 0. The lowest BCUT2D eigenvalue weighted by molar-refractivity contribution is -0.167. The Morgan fingerprint density at radius 1 is 1.00 bits per heavy atom. The third-order valence-electron chi connectivity index (χ3n) is 9.94. The quantitative estimate of drug-likeness (QED) is 0.481. The van der Waals surface area contributed by atoms with Crippen molar-refractivity contribution in [1.82, 2.24) is 0 Å². The van der Waals surface area contributed by atoms with Crippen LogP contribution in [0.5, 0.6) is 0 Å². The van der Waals surface area contributed by atoms with E-state index in [9.17, 15) is 20.1 Å². The molecule has 0 aromatic heterocycles. The molecule has 0 heterocycles. The van der Waals surface area contributed by atoms with Crippen LogP contribution >= 0.6 is 0 Å². The van der Waals surface area contributed by atoms with E-state index in [0.29, 0.717) is 42.1 Å². The van der Waals surface area contributed by atoms with Crippen LogP contribution in [0.1, 0.15) is 72.6 Å². The Balaban J connectivity index is 1.57. The number of fused-ring (bicyclic) bond motifs is 5. The molecule has 4 aliphatic rings. The van der Waals surface area contributed by atoms with E-state index in [1.165, 1.54) is 0 Å². The fraction of sp³-hybridized carbons (Fsp3) is 0.880. The maximum Gasteiger partial charge on any atom is 0.333 e. The topological polar surface area (TPSA) is 87.0 Å². The van der Waals surface area contributed by atoms with Crippen molar-refractivity contribution in [2.75, 3.05) is 0 Å². The summed E-state index contributed by atoms with van der Waals surface area (Å²) in [5.74, 6) is 1.49. The van der Waals surface area contributed by atoms with E-state index in [0.717, 1.165) is 32.1 Å². The predicted octanol–water partition coefficient (Wildman–Crippen LogP) is 3.46. The molecular weight excluding hydrogens is 380 g/mol. The van der Waals surface area contributed by atoms with Gasteiger partial charge in [-0.3, -0.25) is 0 Å². The number of esters is 1. The number of aliphatic hydroxyl groups excluding tert-OH is 3. The van der Waals surface area contributed by atoms with Crippen molar-refractivity contribution >= 4 is 5.97 Å². The van der Waals surface area contributed by atoms with Crippen LogP contribution in [-0.4, -0.2) is 45.7 Å². The number of hydrogen-bond donors (Lipinski definition) is 3. The highest BCUT2D eigenvalue weighted by atomic mass is 16.5. The van der Waals surface area contributed by atoms with Crippen molar-refractivity contribution in [3.05, 3.63) is 12.2 Å². The Labute approximate surface area is 180 Å². The Morgan fingerprint density at radius 2 is 1.70 bits per heavy atom. The molecule has 4 fully saturated rings. The molecule has 0 aromatic carbocycles.